The molecule has 2 aromatic rings. The highest BCUT2D eigenvalue weighted by Gasteiger charge is 2.11. The summed E-state index contributed by atoms with van der Waals surface area (Å²) >= 11 is 1.05. The molecule has 1 aliphatic rings. The molecule has 4 nitrogen and oxygen atoms in total. The Morgan fingerprint density at radius 2 is 1.71 bits per heavy atom. The molecular formula is C19H20O4S. The number of Topliss-reactive ketones (excluding diaryl/α,β-unsaturated/α-hetero) is 1. The molecule has 0 saturated heterocycles. The zero-order valence-corrected chi connectivity index (χ0v) is 14.8. The molecule has 0 amide bonds. The van der Waals surface area contributed by atoms with Gasteiger partial charge in [0.1, 0.15) is 0 Å². The Labute approximate surface area is 146 Å². The van der Waals surface area contributed by atoms with Crippen LogP contribution in [0.1, 0.15) is 28.4 Å². The van der Waals surface area contributed by atoms with Gasteiger partial charge in [0.05, 0.1) is 5.75 Å². The Kier molecular flexibility index (Phi) is 6.44. The van der Waals surface area contributed by atoms with Crippen molar-refractivity contribution in [1.29, 1.82) is 0 Å². The predicted octanol–water partition coefficient (Wildman–Crippen LogP) is 4.18. The Hall–Kier alpha value is -2.27. The Morgan fingerprint density at radius 3 is 2.42 bits per heavy atom. The maximum Gasteiger partial charge on any atom is 0.231 e. The number of benzene rings is 2. The number of ketones is 1. The SMILES string of the molecule is CC(=O)SCC(=O)c1cccc(C)c1.Cc1ccc2c(c1)OCO2. The van der Waals surface area contributed by atoms with Crippen molar-refractivity contribution >= 4 is 22.7 Å². The predicted molar refractivity (Wildman–Crippen MR) is 96.0 cm³/mol. The molecule has 2 aromatic carbocycles. The molecule has 0 aliphatic carbocycles. The second-order valence-electron chi connectivity index (χ2n) is 5.43. The van der Waals surface area contributed by atoms with Gasteiger partial charge in [-0.25, -0.2) is 0 Å². The third-order valence-corrected chi connectivity index (χ3v) is 4.09. The lowest BCUT2D eigenvalue weighted by molar-refractivity contribution is -0.109. The normalized spacial score (nSPS) is 11.5. The molecule has 0 atom stereocenters. The minimum absolute atomic E-state index is 0.00824. The van der Waals surface area contributed by atoms with Crippen LogP contribution in [0.25, 0.3) is 0 Å². The zero-order chi connectivity index (χ0) is 17.5. The molecule has 0 fully saturated rings. The fourth-order valence-corrected chi connectivity index (χ4v) is 2.57. The van der Waals surface area contributed by atoms with Gasteiger partial charge in [-0.3, -0.25) is 9.59 Å². The topological polar surface area (TPSA) is 52.6 Å². The van der Waals surface area contributed by atoms with Crippen molar-refractivity contribution in [2.45, 2.75) is 20.8 Å². The highest BCUT2D eigenvalue weighted by molar-refractivity contribution is 8.14. The average Bonchev–Trinajstić information content (AvgIpc) is 3.00. The van der Waals surface area contributed by atoms with Crippen LogP contribution in [0.15, 0.2) is 42.5 Å². The first kappa shape index (κ1) is 18.1. The Bertz CT molecular complexity index is 740. The lowest BCUT2D eigenvalue weighted by Crippen LogP contribution is -2.03. The van der Waals surface area contributed by atoms with E-state index < -0.39 is 0 Å². The van der Waals surface area contributed by atoms with Crippen LogP contribution in [0, 0.1) is 13.8 Å². The van der Waals surface area contributed by atoms with E-state index in [-0.39, 0.29) is 16.7 Å². The number of carbonyl (C=O) groups excluding carboxylic acids is 2. The first-order valence-electron chi connectivity index (χ1n) is 7.55. The highest BCUT2D eigenvalue weighted by atomic mass is 32.2. The van der Waals surface area contributed by atoms with Gasteiger partial charge in [0.25, 0.3) is 0 Å². The van der Waals surface area contributed by atoms with E-state index in [1.165, 1.54) is 12.5 Å². The molecule has 1 aliphatic heterocycles. The van der Waals surface area contributed by atoms with Gasteiger partial charge in [0.15, 0.2) is 22.4 Å². The van der Waals surface area contributed by atoms with E-state index in [4.69, 9.17) is 9.47 Å². The molecule has 0 aromatic heterocycles. The third kappa shape index (κ3) is 5.42. The van der Waals surface area contributed by atoms with Crippen LogP contribution in [-0.4, -0.2) is 23.4 Å². The number of thioether (sulfide) groups is 1. The first-order chi connectivity index (χ1) is 11.5. The second kappa shape index (κ2) is 8.55. The quantitative estimate of drug-likeness (QED) is 0.782. The summed E-state index contributed by atoms with van der Waals surface area (Å²) in [7, 11) is 0. The fourth-order valence-electron chi connectivity index (χ4n) is 2.07. The van der Waals surface area contributed by atoms with E-state index in [0.717, 1.165) is 28.8 Å². The molecule has 24 heavy (non-hydrogen) atoms. The van der Waals surface area contributed by atoms with Crippen molar-refractivity contribution in [2.75, 3.05) is 12.5 Å². The van der Waals surface area contributed by atoms with Crippen molar-refractivity contribution in [3.05, 3.63) is 59.2 Å². The number of hydrogen-bond donors (Lipinski definition) is 0. The van der Waals surface area contributed by atoms with E-state index in [1.807, 2.05) is 50.2 Å². The molecule has 0 bridgehead atoms. The van der Waals surface area contributed by atoms with E-state index in [0.29, 0.717) is 12.4 Å². The number of fused-ring (bicyclic) bond motifs is 1. The van der Waals surface area contributed by atoms with Gasteiger partial charge >= 0.3 is 0 Å². The summed E-state index contributed by atoms with van der Waals surface area (Å²) in [4.78, 5) is 22.2. The lowest BCUT2D eigenvalue weighted by atomic mass is 10.1. The van der Waals surface area contributed by atoms with Crippen LogP contribution in [0.5, 0.6) is 11.5 Å². The fraction of sp³-hybridized carbons (Fsp3) is 0.263. The number of carbonyl (C=O) groups is 2. The van der Waals surface area contributed by atoms with E-state index in [9.17, 15) is 9.59 Å². The van der Waals surface area contributed by atoms with Crippen LogP contribution < -0.4 is 9.47 Å². The molecule has 0 N–H and O–H groups in total. The highest BCUT2D eigenvalue weighted by Crippen LogP contribution is 2.31. The molecule has 3 rings (SSSR count). The Morgan fingerprint density at radius 1 is 1.00 bits per heavy atom. The summed E-state index contributed by atoms with van der Waals surface area (Å²) in [6.45, 7) is 5.80. The average molecular weight is 344 g/mol. The summed E-state index contributed by atoms with van der Waals surface area (Å²) in [6.07, 6.45) is 0. The van der Waals surface area contributed by atoms with Gasteiger partial charge < -0.3 is 9.47 Å². The van der Waals surface area contributed by atoms with Gasteiger partial charge in [-0.1, -0.05) is 41.6 Å². The van der Waals surface area contributed by atoms with Gasteiger partial charge in [-0.15, -0.1) is 0 Å². The van der Waals surface area contributed by atoms with Crippen molar-refractivity contribution in [1.82, 2.24) is 0 Å². The summed E-state index contributed by atoms with van der Waals surface area (Å²) in [6, 6.07) is 13.3. The molecule has 5 heteroatoms. The van der Waals surface area contributed by atoms with Crippen molar-refractivity contribution in [3.63, 3.8) is 0 Å². The van der Waals surface area contributed by atoms with Gasteiger partial charge in [0.2, 0.25) is 6.79 Å². The molecule has 0 saturated carbocycles. The summed E-state index contributed by atoms with van der Waals surface area (Å²) in [5.74, 6) is 1.96. The summed E-state index contributed by atoms with van der Waals surface area (Å²) in [5.41, 5.74) is 2.94. The maximum absolute atomic E-state index is 11.5. The molecule has 0 spiro atoms. The van der Waals surface area contributed by atoms with Crippen LogP contribution >= 0.6 is 11.8 Å². The Balaban J connectivity index is 0.000000182. The largest absolute Gasteiger partial charge is 0.454 e. The van der Waals surface area contributed by atoms with Crippen LogP contribution in [0.2, 0.25) is 0 Å². The van der Waals surface area contributed by atoms with E-state index in [1.54, 1.807) is 6.07 Å². The minimum Gasteiger partial charge on any atom is -0.454 e. The van der Waals surface area contributed by atoms with Crippen molar-refractivity contribution < 1.29 is 19.1 Å². The summed E-state index contributed by atoms with van der Waals surface area (Å²) < 4.78 is 10.3. The molecule has 1 heterocycles. The smallest absolute Gasteiger partial charge is 0.231 e. The second-order valence-corrected chi connectivity index (χ2v) is 6.58. The summed E-state index contributed by atoms with van der Waals surface area (Å²) in [5, 5.41) is -0.0222. The molecule has 0 radical (unpaired) electrons. The zero-order valence-electron chi connectivity index (χ0n) is 14.0. The molecular weight excluding hydrogens is 324 g/mol. The molecule has 0 unspecified atom stereocenters. The van der Waals surface area contributed by atoms with Crippen LogP contribution in [-0.2, 0) is 4.79 Å². The number of rotatable bonds is 3. The monoisotopic (exact) mass is 344 g/mol. The van der Waals surface area contributed by atoms with Crippen molar-refractivity contribution in [2.24, 2.45) is 0 Å². The minimum atomic E-state index is -0.0222. The number of hydrogen-bond acceptors (Lipinski definition) is 5. The third-order valence-electron chi connectivity index (χ3n) is 3.27. The van der Waals surface area contributed by atoms with Crippen molar-refractivity contribution in [3.8, 4) is 11.5 Å². The number of aryl methyl sites for hydroxylation is 2. The van der Waals surface area contributed by atoms with E-state index >= 15 is 0 Å². The van der Waals surface area contributed by atoms with Gasteiger partial charge in [0, 0.05) is 12.5 Å². The maximum atomic E-state index is 11.5. The first-order valence-corrected chi connectivity index (χ1v) is 8.54. The number of ether oxygens (including phenoxy) is 2. The van der Waals surface area contributed by atoms with Gasteiger partial charge in [-0.2, -0.15) is 0 Å². The standard InChI is InChI=1S/C11H12O2S.C8H8O2/c1-8-4-3-5-10(6-8)11(13)7-14-9(2)12;1-6-2-3-7-8(4-6)10-5-9-7/h3-6H,7H2,1-2H3;2-4H,5H2,1H3. The van der Waals surface area contributed by atoms with Gasteiger partial charge in [-0.05, 0) is 37.6 Å². The van der Waals surface area contributed by atoms with E-state index in [2.05, 4.69) is 0 Å². The van der Waals surface area contributed by atoms with Crippen LogP contribution in [0.3, 0.4) is 0 Å². The van der Waals surface area contributed by atoms with Crippen LogP contribution in [0.4, 0.5) is 0 Å². The lowest BCUT2D eigenvalue weighted by Gasteiger charge is -2.00. The molecule has 126 valence electrons.